The van der Waals surface area contributed by atoms with Gasteiger partial charge in [-0.25, -0.2) is 0 Å². The second-order valence-electron chi connectivity index (χ2n) is 3.06. The standard InChI is InChI=1S/C7H16N2/c1-5-4-8-7(3)9-6(5)2/h5-9H,4H2,1-3H3. The molecule has 0 aromatic heterocycles. The Morgan fingerprint density at radius 3 is 2.33 bits per heavy atom. The first-order valence-electron chi connectivity index (χ1n) is 3.69. The van der Waals surface area contributed by atoms with E-state index in [1.165, 1.54) is 0 Å². The Kier molecular flexibility index (Phi) is 2.09. The van der Waals surface area contributed by atoms with Crippen LogP contribution >= 0.6 is 0 Å². The first-order chi connectivity index (χ1) is 4.20. The molecule has 1 saturated heterocycles. The molecule has 0 radical (unpaired) electrons. The van der Waals surface area contributed by atoms with Crippen molar-refractivity contribution >= 4 is 0 Å². The van der Waals surface area contributed by atoms with Crippen molar-refractivity contribution in [2.75, 3.05) is 6.54 Å². The Balaban J connectivity index is 2.35. The normalized spacial score (nSPS) is 45.0. The lowest BCUT2D eigenvalue weighted by atomic mass is 10.0. The van der Waals surface area contributed by atoms with E-state index in [1.807, 2.05) is 0 Å². The molecule has 3 unspecified atom stereocenters. The van der Waals surface area contributed by atoms with Crippen molar-refractivity contribution in [2.45, 2.75) is 33.0 Å². The fraction of sp³-hybridized carbons (Fsp3) is 1.00. The van der Waals surface area contributed by atoms with Crippen LogP contribution in [0.4, 0.5) is 0 Å². The Morgan fingerprint density at radius 1 is 1.22 bits per heavy atom. The summed E-state index contributed by atoms with van der Waals surface area (Å²) in [5.74, 6) is 0.765. The van der Waals surface area contributed by atoms with Crippen LogP contribution in [-0.4, -0.2) is 18.8 Å². The highest BCUT2D eigenvalue weighted by atomic mass is 15.2. The van der Waals surface area contributed by atoms with Gasteiger partial charge in [-0.1, -0.05) is 6.92 Å². The van der Waals surface area contributed by atoms with Gasteiger partial charge >= 0.3 is 0 Å². The van der Waals surface area contributed by atoms with Gasteiger partial charge in [0.1, 0.15) is 0 Å². The number of nitrogens with one attached hydrogen (secondary N) is 2. The van der Waals surface area contributed by atoms with Crippen molar-refractivity contribution in [1.82, 2.24) is 10.6 Å². The lowest BCUT2D eigenvalue weighted by Crippen LogP contribution is -2.55. The average molecular weight is 128 g/mol. The first kappa shape index (κ1) is 7.03. The zero-order chi connectivity index (χ0) is 6.85. The van der Waals surface area contributed by atoms with E-state index in [1.54, 1.807) is 0 Å². The predicted octanol–water partition coefficient (Wildman–Crippen LogP) is 0.550. The molecule has 2 N–H and O–H groups in total. The summed E-state index contributed by atoms with van der Waals surface area (Å²) in [5, 5.41) is 6.77. The van der Waals surface area contributed by atoms with Crippen LogP contribution in [0.15, 0.2) is 0 Å². The van der Waals surface area contributed by atoms with Gasteiger partial charge in [-0.05, 0) is 19.8 Å². The molecule has 1 aliphatic heterocycles. The molecule has 1 rings (SSSR count). The third-order valence-corrected chi connectivity index (χ3v) is 2.11. The van der Waals surface area contributed by atoms with Crippen LogP contribution in [0.3, 0.4) is 0 Å². The van der Waals surface area contributed by atoms with Gasteiger partial charge in [0, 0.05) is 12.6 Å². The Bertz CT molecular complexity index is 92.9. The van der Waals surface area contributed by atoms with Crippen molar-refractivity contribution in [3.05, 3.63) is 0 Å². The molecule has 0 aromatic rings. The molecular formula is C7H16N2. The maximum atomic E-state index is 3.42. The van der Waals surface area contributed by atoms with Crippen molar-refractivity contribution in [1.29, 1.82) is 0 Å². The lowest BCUT2D eigenvalue weighted by molar-refractivity contribution is 0.258. The summed E-state index contributed by atoms with van der Waals surface area (Å²) in [6.07, 6.45) is 0.496. The topological polar surface area (TPSA) is 24.1 Å². The molecule has 2 heteroatoms. The van der Waals surface area contributed by atoms with Crippen LogP contribution in [0.5, 0.6) is 0 Å². The molecule has 0 amide bonds. The van der Waals surface area contributed by atoms with Crippen LogP contribution in [0, 0.1) is 5.92 Å². The van der Waals surface area contributed by atoms with Crippen LogP contribution in [0.1, 0.15) is 20.8 Å². The molecule has 3 atom stereocenters. The third kappa shape index (κ3) is 1.66. The Labute approximate surface area is 57.0 Å². The highest BCUT2D eigenvalue weighted by Gasteiger charge is 2.19. The molecule has 0 bridgehead atoms. The van der Waals surface area contributed by atoms with E-state index < -0.39 is 0 Å². The summed E-state index contributed by atoms with van der Waals surface area (Å²) in [4.78, 5) is 0. The highest BCUT2D eigenvalue weighted by molar-refractivity contribution is 4.78. The van der Waals surface area contributed by atoms with Gasteiger partial charge in [-0.3, -0.25) is 5.32 Å². The molecule has 0 saturated carbocycles. The van der Waals surface area contributed by atoms with E-state index in [0.717, 1.165) is 12.5 Å². The Hall–Kier alpha value is -0.0800. The fourth-order valence-electron chi connectivity index (χ4n) is 1.16. The van der Waals surface area contributed by atoms with E-state index in [9.17, 15) is 0 Å². The molecule has 9 heavy (non-hydrogen) atoms. The molecule has 1 fully saturated rings. The summed E-state index contributed by atoms with van der Waals surface area (Å²) >= 11 is 0. The average Bonchev–Trinajstić information content (AvgIpc) is 1.80. The van der Waals surface area contributed by atoms with Gasteiger partial charge < -0.3 is 5.32 Å². The number of rotatable bonds is 0. The van der Waals surface area contributed by atoms with E-state index in [-0.39, 0.29) is 0 Å². The Morgan fingerprint density at radius 2 is 1.89 bits per heavy atom. The summed E-state index contributed by atoms with van der Waals surface area (Å²) in [6, 6.07) is 0.668. The molecule has 1 heterocycles. The van der Waals surface area contributed by atoms with E-state index >= 15 is 0 Å². The van der Waals surface area contributed by atoms with Crippen molar-refractivity contribution in [2.24, 2.45) is 5.92 Å². The summed E-state index contributed by atoms with van der Waals surface area (Å²) in [5.41, 5.74) is 0. The van der Waals surface area contributed by atoms with Gasteiger partial charge in [0.2, 0.25) is 0 Å². The quantitative estimate of drug-likeness (QED) is 0.498. The van der Waals surface area contributed by atoms with Gasteiger partial charge in [0.25, 0.3) is 0 Å². The van der Waals surface area contributed by atoms with Crippen molar-refractivity contribution in [3.63, 3.8) is 0 Å². The SMILES string of the molecule is CC1NCC(C)C(C)N1. The lowest BCUT2D eigenvalue weighted by Gasteiger charge is -2.32. The summed E-state index contributed by atoms with van der Waals surface area (Å²) in [7, 11) is 0. The van der Waals surface area contributed by atoms with Crippen molar-refractivity contribution in [3.8, 4) is 0 Å². The van der Waals surface area contributed by atoms with Gasteiger partial charge in [-0.2, -0.15) is 0 Å². The minimum Gasteiger partial charge on any atom is -0.302 e. The summed E-state index contributed by atoms with van der Waals surface area (Å²) < 4.78 is 0. The van der Waals surface area contributed by atoms with Gasteiger partial charge in [-0.15, -0.1) is 0 Å². The molecule has 1 aliphatic rings. The number of hydrogen-bond donors (Lipinski definition) is 2. The van der Waals surface area contributed by atoms with Crippen LogP contribution in [0.2, 0.25) is 0 Å². The molecule has 0 aliphatic carbocycles. The third-order valence-electron chi connectivity index (χ3n) is 2.11. The number of hydrogen-bond acceptors (Lipinski definition) is 2. The van der Waals surface area contributed by atoms with E-state index in [0.29, 0.717) is 12.2 Å². The van der Waals surface area contributed by atoms with Crippen LogP contribution in [0.25, 0.3) is 0 Å². The molecular weight excluding hydrogens is 112 g/mol. The first-order valence-corrected chi connectivity index (χ1v) is 3.69. The monoisotopic (exact) mass is 128 g/mol. The van der Waals surface area contributed by atoms with Crippen molar-refractivity contribution < 1.29 is 0 Å². The maximum absolute atomic E-state index is 3.42. The van der Waals surface area contributed by atoms with E-state index in [2.05, 4.69) is 31.4 Å². The maximum Gasteiger partial charge on any atom is 0.0544 e. The fourth-order valence-corrected chi connectivity index (χ4v) is 1.16. The molecule has 0 aromatic carbocycles. The zero-order valence-corrected chi connectivity index (χ0v) is 6.44. The minimum absolute atomic E-state index is 0.496. The largest absolute Gasteiger partial charge is 0.302 e. The molecule has 54 valence electrons. The summed E-state index contributed by atoms with van der Waals surface area (Å²) in [6.45, 7) is 7.80. The smallest absolute Gasteiger partial charge is 0.0544 e. The molecule has 2 nitrogen and oxygen atoms in total. The molecule has 0 spiro atoms. The predicted molar refractivity (Wildman–Crippen MR) is 39.2 cm³/mol. The van der Waals surface area contributed by atoms with Crippen LogP contribution in [-0.2, 0) is 0 Å². The second kappa shape index (κ2) is 2.67. The highest BCUT2D eigenvalue weighted by Crippen LogP contribution is 2.05. The van der Waals surface area contributed by atoms with E-state index in [4.69, 9.17) is 0 Å². The van der Waals surface area contributed by atoms with Gasteiger partial charge in [0.15, 0.2) is 0 Å². The minimum atomic E-state index is 0.496. The van der Waals surface area contributed by atoms with Gasteiger partial charge in [0.05, 0.1) is 6.17 Å². The zero-order valence-electron chi connectivity index (χ0n) is 6.44. The second-order valence-corrected chi connectivity index (χ2v) is 3.06. The van der Waals surface area contributed by atoms with Crippen LogP contribution < -0.4 is 10.6 Å².